The van der Waals surface area contributed by atoms with Gasteiger partial charge in [0.1, 0.15) is 0 Å². The molecule has 1 saturated heterocycles. The van der Waals surface area contributed by atoms with Gasteiger partial charge in [-0.05, 0) is 43.0 Å². The zero-order valence-corrected chi connectivity index (χ0v) is 14.9. The number of likely N-dealkylation sites (tertiary alicyclic amines) is 1. The number of piperidine rings is 1. The van der Waals surface area contributed by atoms with Crippen molar-refractivity contribution < 1.29 is 14.3 Å². The summed E-state index contributed by atoms with van der Waals surface area (Å²) in [5.41, 5.74) is 1.70. The SMILES string of the molecule is COC(=O)c1ccc(Nc2ncc(C(=O)N3CCC(C)CC3)cn2)cc1. The summed E-state index contributed by atoms with van der Waals surface area (Å²) in [6.07, 6.45) is 5.15. The van der Waals surface area contributed by atoms with Crippen LogP contribution in [0, 0.1) is 5.92 Å². The number of aromatic nitrogens is 2. The van der Waals surface area contributed by atoms with Crippen molar-refractivity contribution in [2.75, 3.05) is 25.5 Å². The average Bonchev–Trinajstić information content (AvgIpc) is 2.68. The fourth-order valence-electron chi connectivity index (χ4n) is 2.83. The number of esters is 1. The van der Waals surface area contributed by atoms with E-state index in [0.29, 0.717) is 23.0 Å². The van der Waals surface area contributed by atoms with Crippen LogP contribution in [0.3, 0.4) is 0 Å². The van der Waals surface area contributed by atoms with Gasteiger partial charge >= 0.3 is 5.97 Å². The van der Waals surface area contributed by atoms with E-state index in [1.165, 1.54) is 7.11 Å². The quantitative estimate of drug-likeness (QED) is 0.850. The van der Waals surface area contributed by atoms with Gasteiger partial charge in [-0.3, -0.25) is 4.79 Å². The Morgan fingerprint density at radius 1 is 1.08 bits per heavy atom. The van der Waals surface area contributed by atoms with Crippen LogP contribution in [0.5, 0.6) is 0 Å². The molecular formula is C19H22N4O3. The molecule has 0 unspecified atom stereocenters. The molecule has 26 heavy (non-hydrogen) atoms. The van der Waals surface area contributed by atoms with Gasteiger partial charge in [-0.15, -0.1) is 0 Å². The van der Waals surface area contributed by atoms with Crippen LogP contribution in [0.1, 0.15) is 40.5 Å². The lowest BCUT2D eigenvalue weighted by molar-refractivity contribution is 0.0600. The van der Waals surface area contributed by atoms with Crippen molar-refractivity contribution in [3.8, 4) is 0 Å². The highest BCUT2D eigenvalue weighted by molar-refractivity contribution is 5.93. The number of hydrogen-bond donors (Lipinski definition) is 1. The first-order chi connectivity index (χ1) is 12.6. The van der Waals surface area contributed by atoms with Gasteiger partial charge in [0, 0.05) is 31.2 Å². The third kappa shape index (κ3) is 4.17. The molecule has 1 amide bonds. The van der Waals surface area contributed by atoms with Crippen LogP contribution in [-0.2, 0) is 4.74 Å². The maximum Gasteiger partial charge on any atom is 0.337 e. The van der Waals surface area contributed by atoms with E-state index < -0.39 is 0 Å². The molecule has 7 nitrogen and oxygen atoms in total. The van der Waals surface area contributed by atoms with Crippen molar-refractivity contribution in [2.45, 2.75) is 19.8 Å². The molecule has 1 aliphatic rings. The van der Waals surface area contributed by atoms with Gasteiger partial charge in [-0.1, -0.05) is 6.92 Å². The Balaban J connectivity index is 1.62. The van der Waals surface area contributed by atoms with Gasteiger partial charge in [0.05, 0.1) is 18.2 Å². The van der Waals surface area contributed by atoms with Crippen molar-refractivity contribution in [3.63, 3.8) is 0 Å². The molecule has 2 aromatic rings. The molecule has 1 aromatic heterocycles. The number of nitrogens with one attached hydrogen (secondary N) is 1. The van der Waals surface area contributed by atoms with Crippen LogP contribution < -0.4 is 5.32 Å². The predicted octanol–water partition coefficient (Wildman–Crippen LogP) is 2.88. The van der Waals surface area contributed by atoms with Crippen molar-refractivity contribution >= 4 is 23.5 Å². The van der Waals surface area contributed by atoms with Gasteiger partial charge < -0.3 is 15.0 Å². The molecule has 0 atom stereocenters. The number of benzene rings is 1. The van der Waals surface area contributed by atoms with Crippen LogP contribution in [0.25, 0.3) is 0 Å². The van der Waals surface area contributed by atoms with Gasteiger partial charge in [0.2, 0.25) is 5.95 Å². The Kier molecular flexibility index (Phi) is 5.46. The zero-order valence-electron chi connectivity index (χ0n) is 14.9. The first-order valence-corrected chi connectivity index (χ1v) is 8.63. The Morgan fingerprint density at radius 2 is 1.69 bits per heavy atom. The van der Waals surface area contributed by atoms with Crippen LogP contribution in [0.15, 0.2) is 36.7 Å². The van der Waals surface area contributed by atoms with E-state index in [0.717, 1.165) is 31.6 Å². The normalized spacial score (nSPS) is 14.8. The minimum atomic E-state index is -0.386. The minimum Gasteiger partial charge on any atom is -0.465 e. The first-order valence-electron chi connectivity index (χ1n) is 8.63. The van der Waals surface area contributed by atoms with E-state index in [1.54, 1.807) is 36.7 Å². The van der Waals surface area contributed by atoms with Crippen LogP contribution in [0.2, 0.25) is 0 Å². The smallest absolute Gasteiger partial charge is 0.337 e. The number of amides is 1. The van der Waals surface area contributed by atoms with Gasteiger partial charge in [-0.25, -0.2) is 14.8 Å². The van der Waals surface area contributed by atoms with Gasteiger partial charge in [0.25, 0.3) is 5.91 Å². The summed E-state index contributed by atoms with van der Waals surface area (Å²) in [6, 6.07) is 6.79. The fourth-order valence-corrected chi connectivity index (χ4v) is 2.83. The molecule has 7 heteroatoms. The van der Waals surface area contributed by atoms with E-state index >= 15 is 0 Å². The molecule has 0 aliphatic carbocycles. The number of methoxy groups -OCH3 is 1. The van der Waals surface area contributed by atoms with Crippen molar-refractivity contribution in [3.05, 3.63) is 47.8 Å². The topological polar surface area (TPSA) is 84.4 Å². The summed E-state index contributed by atoms with van der Waals surface area (Å²) in [5, 5.41) is 3.04. The molecular weight excluding hydrogens is 332 g/mol. The lowest BCUT2D eigenvalue weighted by Crippen LogP contribution is -2.38. The summed E-state index contributed by atoms with van der Waals surface area (Å²) in [4.78, 5) is 34.2. The molecule has 1 N–H and O–H groups in total. The summed E-state index contributed by atoms with van der Waals surface area (Å²) in [5.74, 6) is 0.653. The van der Waals surface area contributed by atoms with Crippen LogP contribution >= 0.6 is 0 Å². The second kappa shape index (κ2) is 7.95. The van der Waals surface area contributed by atoms with Crippen molar-refractivity contribution in [1.29, 1.82) is 0 Å². The second-order valence-electron chi connectivity index (χ2n) is 6.46. The monoisotopic (exact) mass is 354 g/mol. The first kappa shape index (κ1) is 17.8. The Labute approximate surface area is 152 Å². The summed E-state index contributed by atoms with van der Waals surface area (Å²) < 4.78 is 4.67. The van der Waals surface area contributed by atoms with E-state index in [-0.39, 0.29) is 11.9 Å². The number of rotatable bonds is 4. The largest absolute Gasteiger partial charge is 0.465 e. The molecule has 1 aliphatic heterocycles. The second-order valence-corrected chi connectivity index (χ2v) is 6.46. The van der Waals surface area contributed by atoms with Gasteiger partial charge in [0.15, 0.2) is 0 Å². The fraction of sp³-hybridized carbons (Fsp3) is 0.368. The average molecular weight is 354 g/mol. The Hall–Kier alpha value is -2.96. The Bertz CT molecular complexity index is 766. The predicted molar refractivity (Wildman–Crippen MR) is 97.4 cm³/mol. The number of carbonyl (C=O) groups is 2. The molecule has 3 rings (SSSR count). The van der Waals surface area contributed by atoms with Crippen LogP contribution in [-0.4, -0.2) is 46.9 Å². The number of ether oxygens (including phenoxy) is 1. The molecule has 136 valence electrons. The highest BCUT2D eigenvalue weighted by Crippen LogP contribution is 2.18. The number of carbonyl (C=O) groups excluding carboxylic acids is 2. The standard InChI is InChI=1S/C19H22N4O3/c1-13-7-9-23(10-8-13)17(24)15-11-20-19(21-12-15)22-16-5-3-14(4-6-16)18(25)26-2/h3-6,11-13H,7-10H2,1-2H3,(H,20,21,22). The van der Waals surface area contributed by atoms with E-state index in [2.05, 4.69) is 26.9 Å². The maximum absolute atomic E-state index is 12.5. The lowest BCUT2D eigenvalue weighted by atomic mass is 9.99. The minimum absolute atomic E-state index is 0.0223. The van der Waals surface area contributed by atoms with Gasteiger partial charge in [-0.2, -0.15) is 0 Å². The number of nitrogens with zero attached hydrogens (tertiary/aromatic N) is 3. The molecule has 1 fully saturated rings. The van der Waals surface area contributed by atoms with Crippen molar-refractivity contribution in [1.82, 2.24) is 14.9 Å². The summed E-state index contributed by atoms with van der Waals surface area (Å²) in [6.45, 7) is 3.78. The van der Waals surface area contributed by atoms with E-state index in [1.807, 2.05) is 4.90 Å². The zero-order chi connectivity index (χ0) is 18.5. The van der Waals surface area contributed by atoms with Crippen molar-refractivity contribution in [2.24, 2.45) is 5.92 Å². The third-order valence-electron chi connectivity index (χ3n) is 4.53. The van der Waals surface area contributed by atoms with Crippen LogP contribution in [0.4, 0.5) is 11.6 Å². The molecule has 0 bridgehead atoms. The maximum atomic E-state index is 12.5. The third-order valence-corrected chi connectivity index (χ3v) is 4.53. The molecule has 0 radical (unpaired) electrons. The lowest BCUT2D eigenvalue weighted by Gasteiger charge is -2.30. The van der Waals surface area contributed by atoms with E-state index in [9.17, 15) is 9.59 Å². The highest BCUT2D eigenvalue weighted by atomic mass is 16.5. The summed E-state index contributed by atoms with van der Waals surface area (Å²) in [7, 11) is 1.34. The Morgan fingerprint density at radius 3 is 2.27 bits per heavy atom. The summed E-state index contributed by atoms with van der Waals surface area (Å²) >= 11 is 0. The molecule has 0 saturated carbocycles. The molecule has 2 heterocycles. The molecule has 0 spiro atoms. The number of hydrogen-bond acceptors (Lipinski definition) is 6. The molecule has 1 aromatic carbocycles. The number of anilines is 2. The van der Waals surface area contributed by atoms with E-state index in [4.69, 9.17) is 0 Å². The highest BCUT2D eigenvalue weighted by Gasteiger charge is 2.21.